The molecule has 0 amide bonds. The van der Waals surface area contributed by atoms with Crippen molar-refractivity contribution < 1.29 is 4.74 Å². The Kier molecular flexibility index (Phi) is 8.81. The maximum Gasteiger partial charge on any atom is 0.209 e. The summed E-state index contributed by atoms with van der Waals surface area (Å²) in [6, 6.07) is 11.1. The van der Waals surface area contributed by atoms with Gasteiger partial charge in [0.15, 0.2) is 6.19 Å². The molecule has 2 N–H and O–H groups in total. The van der Waals surface area contributed by atoms with Crippen LogP contribution in [0.2, 0.25) is 5.02 Å². The Morgan fingerprint density at radius 2 is 2.00 bits per heavy atom. The van der Waals surface area contributed by atoms with Gasteiger partial charge in [-0.25, -0.2) is 4.99 Å². The minimum absolute atomic E-state index is 0.433. The normalized spacial score (nSPS) is 10.8. The molecule has 2 aromatic rings. The molecule has 0 saturated heterocycles. The standard InChI is InChI=1S/C19H22ClN5O/c20-17-9-3-4-10-18(17)26-13-6-2-1-5-12-23-19(24-15-21)25-16-8-7-11-22-14-16/h3-4,7-11,14H,1-2,5-6,12-13H2,(H2,23,24,25). The Hall–Kier alpha value is -2.78. The van der Waals surface area contributed by atoms with Gasteiger partial charge in [-0.1, -0.05) is 36.6 Å². The number of rotatable bonds is 9. The molecule has 1 aromatic heterocycles. The lowest BCUT2D eigenvalue weighted by Gasteiger charge is -2.09. The summed E-state index contributed by atoms with van der Waals surface area (Å²) in [6.07, 6.45) is 9.28. The highest BCUT2D eigenvalue weighted by Crippen LogP contribution is 2.23. The monoisotopic (exact) mass is 371 g/mol. The molecule has 0 saturated carbocycles. The predicted octanol–water partition coefficient (Wildman–Crippen LogP) is 4.02. The number of aromatic nitrogens is 1. The molecule has 0 bridgehead atoms. The van der Waals surface area contributed by atoms with Gasteiger partial charge >= 0.3 is 0 Å². The van der Waals surface area contributed by atoms with Crippen LogP contribution in [0.25, 0.3) is 0 Å². The number of para-hydroxylation sites is 1. The second-order valence-electron chi connectivity index (χ2n) is 5.53. The molecule has 0 fully saturated rings. The fourth-order valence-electron chi connectivity index (χ4n) is 2.24. The Labute approximate surface area is 158 Å². The zero-order valence-electron chi connectivity index (χ0n) is 14.5. The van der Waals surface area contributed by atoms with E-state index in [-0.39, 0.29) is 0 Å². The lowest BCUT2D eigenvalue weighted by atomic mass is 10.2. The number of aliphatic imine (C=N–C) groups is 1. The summed E-state index contributed by atoms with van der Waals surface area (Å²) < 4.78 is 5.66. The van der Waals surface area contributed by atoms with Crippen LogP contribution in [0, 0.1) is 11.5 Å². The molecule has 0 aliphatic carbocycles. The van der Waals surface area contributed by atoms with Gasteiger partial charge in [0, 0.05) is 12.7 Å². The van der Waals surface area contributed by atoms with Crippen molar-refractivity contribution in [2.45, 2.75) is 25.7 Å². The van der Waals surface area contributed by atoms with Crippen molar-refractivity contribution in [1.29, 1.82) is 5.26 Å². The van der Waals surface area contributed by atoms with E-state index in [4.69, 9.17) is 21.6 Å². The van der Waals surface area contributed by atoms with Gasteiger partial charge in [-0.2, -0.15) is 5.26 Å². The van der Waals surface area contributed by atoms with E-state index in [2.05, 4.69) is 20.6 Å². The van der Waals surface area contributed by atoms with Gasteiger partial charge in [0.2, 0.25) is 5.96 Å². The van der Waals surface area contributed by atoms with Crippen molar-refractivity contribution in [2.75, 3.05) is 13.2 Å². The maximum absolute atomic E-state index is 8.81. The fraction of sp³-hybridized carbons (Fsp3) is 0.316. The van der Waals surface area contributed by atoms with Crippen molar-refractivity contribution in [3.8, 4) is 11.9 Å². The minimum atomic E-state index is 0.433. The van der Waals surface area contributed by atoms with Gasteiger partial charge < -0.3 is 10.1 Å². The number of pyridine rings is 1. The zero-order valence-corrected chi connectivity index (χ0v) is 15.2. The highest BCUT2D eigenvalue weighted by Gasteiger charge is 2.00. The van der Waals surface area contributed by atoms with Crippen molar-refractivity contribution in [1.82, 2.24) is 15.6 Å². The van der Waals surface area contributed by atoms with E-state index >= 15 is 0 Å². The zero-order chi connectivity index (χ0) is 18.5. The average Bonchev–Trinajstić information content (AvgIpc) is 2.66. The van der Waals surface area contributed by atoms with Gasteiger partial charge in [0.1, 0.15) is 5.75 Å². The number of nitrogens with one attached hydrogen (secondary N) is 2. The first-order valence-electron chi connectivity index (χ1n) is 8.54. The Morgan fingerprint density at radius 3 is 2.77 bits per heavy atom. The number of ether oxygens (including phenoxy) is 1. The van der Waals surface area contributed by atoms with Crippen LogP contribution in [0.15, 0.2) is 53.8 Å². The molecule has 0 aliphatic heterocycles. The third-order valence-corrected chi connectivity index (χ3v) is 3.83. The van der Waals surface area contributed by atoms with Crippen molar-refractivity contribution in [2.24, 2.45) is 4.99 Å². The minimum Gasteiger partial charge on any atom is -0.492 e. The number of hydrogen-bond donors (Lipinski definition) is 2. The van der Waals surface area contributed by atoms with Crippen LogP contribution in [0.1, 0.15) is 25.7 Å². The summed E-state index contributed by atoms with van der Waals surface area (Å²) in [4.78, 5) is 8.31. The van der Waals surface area contributed by atoms with Gasteiger partial charge in [0.05, 0.1) is 23.5 Å². The van der Waals surface area contributed by atoms with Crippen LogP contribution in [0.4, 0.5) is 5.69 Å². The predicted molar refractivity (Wildman–Crippen MR) is 103 cm³/mol. The van der Waals surface area contributed by atoms with Crippen LogP contribution >= 0.6 is 11.6 Å². The second-order valence-corrected chi connectivity index (χ2v) is 5.94. The van der Waals surface area contributed by atoms with Gasteiger partial charge in [-0.15, -0.1) is 0 Å². The summed E-state index contributed by atoms with van der Waals surface area (Å²) in [7, 11) is 0. The van der Waals surface area contributed by atoms with Gasteiger partial charge in [0.25, 0.3) is 0 Å². The largest absolute Gasteiger partial charge is 0.492 e. The molecule has 0 aliphatic rings. The quantitative estimate of drug-likeness (QED) is 0.229. The summed E-state index contributed by atoms with van der Waals surface area (Å²) in [6.45, 7) is 1.39. The molecule has 0 radical (unpaired) electrons. The molecule has 1 heterocycles. The SMILES string of the molecule is N#CN/C(=N\c1cccnc1)NCCCCCCOc1ccccc1Cl. The first-order chi connectivity index (χ1) is 12.8. The van der Waals surface area contributed by atoms with Crippen LogP contribution in [-0.4, -0.2) is 24.1 Å². The first kappa shape index (κ1) is 19.5. The highest BCUT2D eigenvalue weighted by molar-refractivity contribution is 6.32. The maximum atomic E-state index is 8.81. The number of halogens is 1. The molecule has 26 heavy (non-hydrogen) atoms. The Morgan fingerprint density at radius 1 is 1.15 bits per heavy atom. The van der Waals surface area contributed by atoms with Crippen LogP contribution in [-0.2, 0) is 0 Å². The van der Waals surface area contributed by atoms with Crippen molar-refractivity contribution >= 4 is 23.2 Å². The highest BCUT2D eigenvalue weighted by atomic mass is 35.5. The topological polar surface area (TPSA) is 82.3 Å². The summed E-state index contributed by atoms with van der Waals surface area (Å²) in [5.41, 5.74) is 0.689. The molecule has 2 rings (SSSR count). The van der Waals surface area contributed by atoms with Crippen LogP contribution < -0.4 is 15.4 Å². The second kappa shape index (κ2) is 11.7. The fourth-order valence-corrected chi connectivity index (χ4v) is 2.44. The lowest BCUT2D eigenvalue weighted by molar-refractivity contribution is 0.305. The van der Waals surface area contributed by atoms with Crippen molar-refractivity contribution in [3.63, 3.8) is 0 Å². The molecule has 6 nitrogen and oxygen atoms in total. The smallest absolute Gasteiger partial charge is 0.209 e. The van der Waals surface area contributed by atoms with E-state index < -0.39 is 0 Å². The lowest BCUT2D eigenvalue weighted by Crippen LogP contribution is -2.34. The third-order valence-electron chi connectivity index (χ3n) is 3.52. The Bertz CT molecular complexity index is 730. The molecule has 1 aromatic carbocycles. The summed E-state index contributed by atoms with van der Waals surface area (Å²) >= 11 is 6.04. The molecular formula is C19H22ClN5O. The number of benzene rings is 1. The van der Waals surface area contributed by atoms with Crippen molar-refractivity contribution in [3.05, 3.63) is 53.8 Å². The van der Waals surface area contributed by atoms with E-state index in [1.54, 1.807) is 18.5 Å². The van der Waals surface area contributed by atoms with E-state index in [1.807, 2.05) is 36.5 Å². The van der Waals surface area contributed by atoms with Gasteiger partial charge in [-0.3, -0.25) is 10.3 Å². The molecule has 136 valence electrons. The molecule has 0 spiro atoms. The molecule has 7 heteroatoms. The van der Waals surface area contributed by atoms with Gasteiger partial charge in [-0.05, 0) is 37.1 Å². The van der Waals surface area contributed by atoms with E-state index in [9.17, 15) is 0 Å². The number of nitriles is 1. The number of unbranched alkanes of at least 4 members (excludes halogenated alkanes) is 3. The van der Waals surface area contributed by atoms with E-state index in [1.165, 1.54) is 0 Å². The summed E-state index contributed by atoms with van der Waals surface area (Å²) in [5.74, 6) is 1.16. The summed E-state index contributed by atoms with van der Waals surface area (Å²) in [5, 5.41) is 15.1. The number of guanidine groups is 1. The molecule has 0 atom stereocenters. The molecule has 0 unspecified atom stereocenters. The van der Waals surface area contributed by atoms with E-state index in [0.29, 0.717) is 23.3 Å². The molecular weight excluding hydrogens is 350 g/mol. The number of nitrogens with zero attached hydrogens (tertiary/aromatic N) is 3. The Balaban J connectivity index is 1.59. The average molecular weight is 372 g/mol. The van der Waals surface area contributed by atoms with Crippen LogP contribution in [0.5, 0.6) is 5.75 Å². The third kappa shape index (κ3) is 7.41. The number of hydrogen-bond acceptors (Lipinski definition) is 4. The van der Waals surface area contributed by atoms with E-state index in [0.717, 1.165) is 38.0 Å². The first-order valence-corrected chi connectivity index (χ1v) is 8.92. The van der Waals surface area contributed by atoms with Crippen LogP contribution in [0.3, 0.4) is 0 Å².